The standard InChI is InChI=1S/C10H8F2N4S/c11-7-2-1-6(8(12)3-7)4-16-5-14-10(15-16)9(13)17/h1-3,5H,4H2,(H2,13,17). The molecule has 0 aliphatic rings. The molecule has 0 amide bonds. The van der Waals surface area contributed by atoms with Crippen LogP contribution in [0.25, 0.3) is 0 Å². The van der Waals surface area contributed by atoms with Crippen molar-refractivity contribution in [1.29, 1.82) is 0 Å². The highest BCUT2D eigenvalue weighted by atomic mass is 32.1. The first-order valence-electron chi connectivity index (χ1n) is 4.69. The van der Waals surface area contributed by atoms with Gasteiger partial charge in [-0.1, -0.05) is 18.3 Å². The summed E-state index contributed by atoms with van der Waals surface area (Å²) < 4.78 is 27.4. The van der Waals surface area contributed by atoms with Gasteiger partial charge in [-0.3, -0.25) is 0 Å². The number of nitrogens with zero attached hydrogens (tertiary/aromatic N) is 3. The Morgan fingerprint density at radius 1 is 1.41 bits per heavy atom. The third kappa shape index (κ3) is 2.62. The molecule has 0 bridgehead atoms. The lowest BCUT2D eigenvalue weighted by atomic mass is 10.2. The predicted molar refractivity (Wildman–Crippen MR) is 61.4 cm³/mol. The molecule has 0 spiro atoms. The van der Waals surface area contributed by atoms with Gasteiger partial charge in [0, 0.05) is 11.6 Å². The van der Waals surface area contributed by atoms with Crippen LogP contribution in [0.5, 0.6) is 0 Å². The average molecular weight is 254 g/mol. The second-order valence-electron chi connectivity index (χ2n) is 3.37. The predicted octanol–water partition coefficient (Wildman–Crippen LogP) is 1.24. The Hall–Kier alpha value is -1.89. The van der Waals surface area contributed by atoms with Crippen molar-refractivity contribution in [3.8, 4) is 0 Å². The van der Waals surface area contributed by atoms with Crippen molar-refractivity contribution in [1.82, 2.24) is 14.8 Å². The number of aromatic nitrogens is 3. The number of nitrogens with two attached hydrogens (primary N) is 1. The van der Waals surface area contributed by atoms with Crippen molar-refractivity contribution in [2.75, 3.05) is 0 Å². The Balaban J connectivity index is 2.22. The first kappa shape index (κ1) is 11.6. The van der Waals surface area contributed by atoms with Crippen molar-refractivity contribution >= 4 is 17.2 Å². The summed E-state index contributed by atoms with van der Waals surface area (Å²) in [6.07, 6.45) is 1.39. The Kier molecular flexibility index (Phi) is 3.10. The molecule has 0 saturated carbocycles. The molecule has 0 radical (unpaired) electrons. The van der Waals surface area contributed by atoms with Crippen molar-refractivity contribution in [2.24, 2.45) is 5.73 Å². The van der Waals surface area contributed by atoms with E-state index in [1.54, 1.807) is 0 Å². The van der Waals surface area contributed by atoms with E-state index in [0.29, 0.717) is 5.56 Å². The molecular formula is C10H8F2N4S. The van der Waals surface area contributed by atoms with Crippen LogP contribution in [0.1, 0.15) is 11.4 Å². The summed E-state index contributed by atoms with van der Waals surface area (Å²) in [6.45, 7) is 0.141. The third-order valence-corrected chi connectivity index (χ3v) is 2.29. The van der Waals surface area contributed by atoms with Crippen LogP contribution >= 0.6 is 12.2 Å². The molecule has 2 aromatic rings. The number of benzene rings is 1. The van der Waals surface area contributed by atoms with E-state index < -0.39 is 11.6 Å². The van der Waals surface area contributed by atoms with Gasteiger partial charge in [0.05, 0.1) is 6.54 Å². The summed E-state index contributed by atoms with van der Waals surface area (Å²) in [4.78, 5) is 3.92. The number of hydrogen-bond donors (Lipinski definition) is 1. The van der Waals surface area contributed by atoms with Crippen LogP contribution in [-0.2, 0) is 6.54 Å². The fraction of sp³-hybridized carbons (Fsp3) is 0.100. The zero-order valence-corrected chi connectivity index (χ0v) is 9.42. The highest BCUT2D eigenvalue weighted by Gasteiger charge is 2.07. The van der Waals surface area contributed by atoms with Crippen LogP contribution in [0, 0.1) is 11.6 Å². The van der Waals surface area contributed by atoms with Crippen molar-refractivity contribution in [3.05, 3.63) is 47.5 Å². The Labute approximate surface area is 101 Å². The summed E-state index contributed by atoms with van der Waals surface area (Å²) in [6, 6.07) is 3.36. The molecule has 17 heavy (non-hydrogen) atoms. The molecule has 0 saturated heterocycles. The maximum atomic E-state index is 13.3. The molecule has 2 rings (SSSR count). The second-order valence-corrected chi connectivity index (χ2v) is 3.81. The zero-order chi connectivity index (χ0) is 12.4. The summed E-state index contributed by atoms with van der Waals surface area (Å²) >= 11 is 4.70. The van der Waals surface area contributed by atoms with Gasteiger partial charge in [-0.2, -0.15) is 0 Å². The van der Waals surface area contributed by atoms with Gasteiger partial charge in [0.15, 0.2) is 0 Å². The molecular weight excluding hydrogens is 246 g/mol. The maximum Gasteiger partial charge on any atom is 0.208 e. The van der Waals surface area contributed by atoms with E-state index >= 15 is 0 Å². The Morgan fingerprint density at radius 3 is 2.76 bits per heavy atom. The number of hydrogen-bond acceptors (Lipinski definition) is 3. The van der Waals surface area contributed by atoms with Crippen LogP contribution in [0.2, 0.25) is 0 Å². The van der Waals surface area contributed by atoms with E-state index in [-0.39, 0.29) is 17.4 Å². The third-order valence-electron chi connectivity index (χ3n) is 2.10. The van der Waals surface area contributed by atoms with Gasteiger partial charge in [0.25, 0.3) is 0 Å². The molecule has 1 heterocycles. The van der Waals surface area contributed by atoms with E-state index in [1.165, 1.54) is 23.1 Å². The van der Waals surface area contributed by atoms with E-state index in [4.69, 9.17) is 18.0 Å². The highest BCUT2D eigenvalue weighted by molar-refractivity contribution is 7.80. The molecule has 7 heteroatoms. The lowest BCUT2D eigenvalue weighted by Gasteiger charge is -2.02. The summed E-state index contributed by atoms with van der Waals surface area (Å²) in [5.41, 5.74) is 5.65. The van der Waals surface area contributed by atoms with E-state index in [2.05, 4.69) is 10.1 Å². The van der Waals surface area contributed by atoms with Crippen molar-refractivity contribution < 1.29 is 8.78 Å². The van der Waals surface area contributed by atoms with Crippen LogP contribution in [0.4, 0.5) is 8.78 Å². The Morgan fingerprint density at radius 2 is 2.18 bits per heavy atom. The van der Waals surface area contributed by atoms with Crippen LogP contribution in [0.15, 0.2) is 24.5 Å². The van der Waals surface area contributed by atoms with Gasteiger partial charge in [0.2, 0.25) is 5.82 Å². The molecule has 0 aliphatic carbocycles. The molecule has 1 aromatic heterocycles. The zero-order valence-electron chi connectivity index (χ0n) is 8.60. The maximum absolute atomic E-state index is 13.3. The normalized spacial score (nSPS) is 10.5. The summed E-state index contributed by atoms with van der Waals surface area (Å²) in [5.74, 6) is -1.02. The van der Waals surface area contributed by atoms with Gasteiger partial charge in [-0.05, 0) is 6.07 Å². The largest absolute Gasteiger partial charge is 0.387 e. The van der Waals surface area contributed by atoms with Gasteiger partial charge >= 0.3 is 0 Å². The lowest BCUT2D eigenvalue weighted by Crippen LogP contribution is -2.12. The quantitative estimate of drug-likeness (QED) is 0.837. The fourth-order valence-corrected chi connectivity index (χ4v) is 1.40. The highest BCUT2D eigenvalue weighted by Crippen LogP contribution is 2.10. The molecule has 0 fully saturated rings. The molecule has 0 aliphatic heterocycles. The van der Waals surface area contributed by atoms with Crippen LogP contribution in [-0.4, -0.2) is 19.8 Å². The summed E-state index contributed by atoms with van der Waals surface area (Å²) in [7, 11) is 0. The second kappa shape index (κ2) is 4.54. The lowest BCUT2D eigenvalue weighted by molar-refractivity contribution is 0.558. The minimum absolute atomic E-state index is 0.0725. The molecule has 2 N–H and O–H groups in total. The molecule has 0 unspecified atom stereocenters. The van der Waals surface area contributed by atoms with Crippen LogP contribution < -0.4 is 5.73 Å². The van der Waals surface area contributed by atoms with Gasteiger partial charge < -0.3 is 5.73 Å². The van der Waals surface area contributed by atoms with Crippen molar-refractivity contribution in [2.45, 2.75) is 6.54 Å². The topological polar surface area (TPSA) is 56.7 Å². The monoisotopic (exact) mass is 254 g/mol. The Bertz CT molecular complexity index is 567. The SMILES string of the molecule is NC(=S)c1ncn(Cc2ccc(F)cc2F)n1. The van der Waals surface area contributed by atoms with Gasteiger partial charge in [-0.25, -0.2) is 18.4 Å². The van der Waals surface area contributed by atoms with Gasteiger partial charge in [-0.15, -0.1) is 5.10 Å². The minimum Gasteiger partial charge on any atom is -0.387 e. The van der Waals surface area contributed by atoms with Crippen molar-refractivity contribution in [3.63, 3.8) is 0 Å². The number of rotatable bonds is 3. The first-order valence-corrected chi connectivity index (χ1v) is 5.10. The summed E-state index contributed by atoms with van der Waals surface area (Å²) in [5, 5.41) is 3.95. The smallest absolute Gasteiger partial charge is 0.208 e. The fourth-order valence-electron chi connectivity index (χ4n) is 1.31. The van der Waals surface area contributed by atoms with Gasteiger partial charge in [0.1, 0.15) is 23.0 Å². The molecule has 88 valence electrons. The number of thiocarbonyl (C=S) groups is 1. The minimum atomic E-state index is -0.627. The number of halogens is 2. The van der Waals surface area contributed by atoms with E-state index in [1.807, 2.05) is 0 Å². The molecule has 4 nitrogen and oxygen atoms in total. The first-order chi connectivity index (χ1) is 8.06. The average Bonchev–Trinajstić information content (AvgIpc) is 2.71. The molecule has 1 aromatic carbocycles. The van der Waals surface area contributed by atoms with E-state index in [9.17, 15) is 8.78 Å². The van der Waals surface area contributed by atoms with E-state index in [0.717, 1.165) is 6.07 Å². The molecule has 0 atom stereocenters. The van der Waals surface area contributed by atoms with Crippen LogP contribution in [0.3, 0.4) is 0 Å².